The molecule has 0 aliphatic rings. The van der Waals surface area contributed by atoms with Gasteiger partial charge in [0.25, 0.3) is 6.43 Å². The van der Waals surface area contributed by atoms with E-state index in [4.69, 9.17) is 5.73 Å². The second-order valence-electron chi connectivity index (χ2n) is 3.42. The number of hydrogen-bond acceptors (Lipinski definition) is 2. The number of nitrogen functional groups attached to an aromatic ring is 1. The zero-order valence-electron chi connectivity index (χ0n) is 8.79. The molecular weight excluding hydrogens is 198 g/mol. The lowest BCUT2D eigenvalue weighted by molar-refractivity contribution is 0.0875. The smallest absolute Gasteiger partial charge is 0.251 e. The first-order chi connectivity index (χ1) is 7.13. The van der Waals surface area contributed by atoms with Gasteiger partial charge in [-0.2, -0.15) is 0 Å². The van der Waals surface area contributed by atoms with Crippen LogP contribution in [0.1, 0.15) is 12.5 Å². The van der Waals surface area contributed by atoms with Crippen molar-refractivity contribution in [3.05, 3.63) is 29.8 Å². The van der Waals surface area contributed by atoms with Crippen molar-refractivity contribution in [1.82, 2.24) is 4.90 Å². The second-order valence-corrected chi connectivity index (χ2v) is 3.42. The number of anilines is 1. The molecule has 0 aromatic heterocycles. The molecule has 4 heteroatoms. The molecule has 0 amide bonds. The average molecular weight is 214 g/mol. The molecule has 0 radical (unpaired) electrons. The summed E-state index contributed by atoms with van der Waals surface area (Å²) in [6.07, 6.45) is -2.30. The molecule has 1 aromatic carbocycles. The summed E-state index contributed by atoms with van der Waals surface area (Å²) in [5.41, 5.74) is 7.30. The molecule has 0 aliphatic heterocycles. The molecule has 0 bridgehead atoms. The molecule has 0 saturated heterocycles. The molecule has 0 spiro atoms. The highest BCUT2D eigenvalue weighted by molar-refractivity contribution is 5.46. The van der Waals surface area contributed by atoms with Gasteiger partial charge in [0.05, 0.1) is 6.54 Å². The predicted octanol–water partition coefficient (Wildman–Crippen LogP) is 2.36. The van der Waals surface area contributed by atoms with Gasteiger partial charge in [-0.25, -0.2) is 8.78 Å². The maximum absolute atomic E-state index is 12.2. The molecule has 15 heavy (non-hydrogen) atoms. The summed E-state index contributed by atoms with van der Waals surface area (Å²) in [6, 6.07) is 7.35. The molecule has 0 saturated carbocycles. The van der Waals surface area contributed by atoms with E-state index in [9.17, 15) is 8.78 Å². The van der Waals surface area contributed by atoms with Crippen LogP contribution in [-0.2, 0) is 6.54 Å². The van der Waals surface area contributed by atoms with Crippen LogP contribution in [0.3, 0.4) is 0 Å². The van der Waals surface area contributed by atoms with Gasteiger partial charge >= 0.3 is 0 Å². The highest BCUT2D eigenvalue weighted by Gasteiger charge is 2.11. The third-order valence-electron chi connectivity index (χ3n) is 2.29. The lowest BCUT2D eigenvalue weighted by atomic mass is 10.1. The molecule has 2 N–H and O–H groups in total. The average Bonchev–Trinajstić information content (AvgIpc) is 2.19. The number of nitrogens with two attached hydrogens (primary N) is 1. The summed E-state index contributed by atoms with van der Waals surface area (Å²) >= 11 is 0. The van der Waals surface area contributed by atoms with Crippen molar-refractivity contribution in [1.29, 1.82) is 0 Å². The van der Waals surface area contributed by atoms with Crippen LogP contribution in [-0.4, -0.2) is 24.4 Å². The lowest BCUT2D eigenvalue weighted by Gasteiger charge is -2.20. The van der Waals surface area contributed by atoms with Gasteiger partial charge < -0.3 is 5.73 Å². The molecule has 2 nitrogen and oxygen atoms in total. The summed E-state index contributed by atoms with van der Waals surface area (Å²) in [6.45, 7) is 2.73. The summed E-state index contributed by atoms with van der Waals surface area (Å²) < 4.78 is 24.4. The summed E-state index contributed by atoms with van der Waals surface area (Å²) in [7, 11) is 0. The molecule has 0 fully saturated rings. The van der Waals surface area contributed by atoms with Crippen molar-refractivity contribution in [2.45, 2.75) is 19.9 Å². The van der Waals surface area contributed by atoms with Crippen molar-refractivity contribution < 1.29 is 8.78 Å². The Hall–Kier alpha value is -1.16. The van der Waals surface area contributed by atoms with Gasteiger partial charge in [0.2, 0.25) is 0 Å². The Balaban J connectivity index is 2.62. The highest BCUT2D eigenvalue weighted by atomic mass is 19.3. The number of halogens is 2. The number of para-hydroxylation sites is 1. The summed E-state index contributed by atoms with van der Waals surface area (Å²) in [5, 5.41) is 0. The normalized spacial score (nSPS) is 11.3. The topological polar surface area (TPSA) is 29.3 Å². The van der Waals surface area contributed by atoms with Crippen LogP contribution in [0.2, 0.25) is 0 Å². The van der Waals surface area contributed by atoms with Gasteiger partial charge in [0, 0.05) is 12.2 Å². The van der Waals surface area contributed by atoms with E-state index in [-0.39, 0.29) is 6.54 Å². The number of alkyl halides is 2. The van der Waals surface area contributed by atoms with Crippen LogP contribution < -0.4 is 5.73 Å². The number of benzene rings is 1. The third-order valence-corrected chi connectivity index (χ3v) is 2.29. The number of nitrogens with zero attached hydrogens (tertiary/aromatic N) is 1. The summed E-state index contributed by atoms with van der Waals surface area (Å²) in [5.74, 6) is 0. The van der Waals surface area contributed by atoms with E-state index in [1.54, 1.807) is 11.0 Å². The zero-order chi connectivity index (χ0) is 11.3. The van der Waals surface area contributed by atoms with Crippen LogP contribution in [0.15, 0.2) is 24.3 Å². The van der Waals surface area contributed by atoms with Crippen LogP contribution in [0.25, 0.3) is 0 Å². The van der Waals surface area contributed by atoms with E-state index in [0.29, 0.717) is 18.8 Å². The quantitative estimate of drug-likeness (QED) is 0.762. The largest absolute Gasteiger partial charge is 0.398 e. The first-order valence-electron chi connectivity index (χ1n) is 4.97. The zero-order valence-corrected chi connectivity index (χ0v) is 8.79. The van der Waals surface area contributed by atoms with Crippen LogP contribution in [0, 0.1) is 0 Å². The van der Waals surface area contributed by atoms with Gasteiger partial charge in [-0.15, -0.1) is 0 Å². The summed E-state index contributed by atoms with van der Waals surface area (Å²) in [4.78, 5) is 1.68. The van der Waals surface area contributed by atoms with Gasteiger partial charge in [0.15, 0.2) is 0 Å². The fraction of sp³-hybridized carbons (Fsp3) is 0.455. The van der Waals surface area contributed by atoms with Gasteiger partial charge in [0.1, 0.15) is 0 Å². The monoisotopic (exact) mass is 214 g/mol. The van der Waals surface area contributed by atoms with E-state index in [0.717, 1.165) is 5.56 Å². The molecule has 1 rings (SSSR count). The fourth-order valence-corrected chi connectivity index (χ4v) is 1.42. The third kappa shape index (κ3) is 3.83. The molecule has 84 valence electrons. The SMILES string of the molecule is CCN(Cc1ccccc1N)CC(F)F. The molecule has 0 unspecified atom stereocenters. The Morgan fingerprint density at radius 2 is 2.00 bits per heavy atom. The Kier molecular flexibility index (Phi) is 4.49. The Morgan fingerprint density at radius 3 is 2.53 bits per heavy atom. The number of hydrogen-bond donors (Lipinski definition) is 1. The van der Waals surface area contributed by atoms with Crippen molar-refractivity contribution in [3.8, 4) is 0 Å². The van der Waals surface area contributed by atoms with Crippen molar-refractivity contribution in [2.24, 2.45) is 0 Å². The van der Waals surface area contributed by atoms with Crippen LogP contribution in [0.5, 0.6) is 0 Å². The minimum Gasteiger partial charge on any atom is -0.398 e. The van der Waals surface area contributed by atoms with Gasteiger partial charge in [-0.1, -0.05) is 25.1 Å². The predicted molar refractivity (Wildman–Crippen MR) is 57.8 cm³/mol. The molecule has 0 atom stereocenters. The Morgan fingerprint density at radius 1 is 1.33 bits per heavy atom. The first-order valence-corrected chi connectivity index (χ1v) is 4.97. The lowest BCUT2D eigenvalue weighted by Crippen LogP contribution is -2.28. The van der Waals surface area contributed by atoms with Crippen molar-refractivity contribution in [3.63, 3.8) is 0 Å². The molecule has 0 heterocycles. The maximum atomic E-state index is 12.2. The van der Waals surface area contributed by atoms with Crippen LogP contribution in [0.4, 0.5) is 14.5 Å². The van der Waals surface area contributed by atoms with E-state index >= 15 is 0 Å². The molecular formula is C11H16F2N2. The van der Waals surface area contributed by atoms with E-state index < -0.39 is 6.43 Å². The van der Waals surface area contributed by atoms with Crippen molar-refractivity contribution >= 4 is 5.69 Å². The van der Waals surface area contributed by atoms with Gasteiger partial charge in [-0.05, 0) is 18.2 Å². The van der Waals surface area contributed by atoms with E-state index in [2.05, 4.69) is 0 Å². The highest BCUT2D eigenvalue weighted by Crippen LogP contribution is 2.13. The Bertz CT molecular complexity index is 302. The van der Waals surface area contributed by atoms with E-state index in [1.165, 1.54) is 0 Å². The van der Waals surface area contributed by atoms with Crippen LogP contribution >= 0.6 is 0 Å². The van der Waals surface area contributed by atoms with Crippen molar-refractivity contribution in [2.75, 3.05) is 18.8 Å². The van der Waals surface area contributed by atoms with E-state index in [1.807, 2.05) is 25.1 Å². The minimum atomic E-state index is -2.30. The fourth-order valence-electron chi connectivity index (χ4n) is 1.42. The maximum Gasteiger partial charge on any atom is 0.251 e. The molecule has 1 aromatic rings. The van der Waals surface area contributed by atoms with Gasteiger partial charge in [-0.3, -0.25) is 4.90 Å². The number of rotatable bonds is 5. The minimum absolute atomic E-state index is 0.204. The Labute approximate surface area is 88.7 Å². The molecule has 0 aliphatic carbocycles. The first kappa shape index (κ1) is 11.9. The second kappa shape index (κ2) is 5.66. The standard InChI is InChI=1S/C11H16F2N2/c1-2-15(8-11(12)13)7-9-5-3-4-6-10(9)14/h3-6,11H,2,7-8,14H2,1H3.